The van der Waals surface area contributed by atoms with Gasteiger partial charge in [-0.25, -0.2) is 0 Å². The Balaban J connectivity index is 0.00000300. The molecule has 1 aliphatic rings. The van der Waals surface area contributed by atoms with Gasteiger partial charge in [0.15, 0.2) is 5.96 Å². The van der Waals surface area contributed by atoms with E-state index in [0.717, 1.165) is 12.1 Å². The average molecular weight is 527 g/mol. The average Bonchev–Trinajstić information content (AvgIpc) is 3.48. The Hall–Kier alpha value is -1.80. The molecular formula is C22H28ClIN4O. The Morgan fingerprint density at radius 2 is 1.86 bits per heavy atom. The van der Waals surface area contributed by atoms with Gasteiger partial charge in [0.05, 0.1) is 10.7 Å². The molecule has 2 aromatic rings. The molecule has 1 aliphatic carbocycles. The molecule has 156 valence electrons. The highest BCUT2D eigenvalue weighted by Crippen LogP contribution is 2.47. The summed E-state index contributed by atoms with van der Waals surface area (Å²) in [6, 6.07) is 16.2. The summed E-state index contributed by atoms with van der Waals surface area (Å²) in [5.41, 5.74) is 3.27. The quantitative estimate of drug-likeness (QED) is 0.283. The van der Waals surface area contributed by atoms with Crippen molar-refractivity contribution in [1.29, 1.82) is 0 Å². The fourth-order valence-electron chi connectivity index (χ4n) is 3.21. The first-order chi connectivity index (χ1) is 13.5. The van der Waals surface area contributed by atoms with Gasteiger partial charge in [0.1, 0.15) is 0 Å². The number of carbonyl (C=O) groups is 1. The maximum Gasteiger partial charge on any atom is 0.226 e. The van der Waals surface area contributed by atoms with Gasteiger partial charge in [-0.3, -0.25) is 9.79 Å². The standard InChI is InChI=1S/C22H27ClN4O.HI/c1-16-8-9-19(18(23)14-16)27-20(28)10-13-25-21(24-2)26-15-22(11-12-22)17-6-4-3-5-7-17;/h3-9,14H,10-13,15H2,1-2H3,(H,27,28)(H2,24,25,26);1H. The molecule has 0 atom stereocenters. The van der Waals surface area contributed by atoms with Crippen LogP contribution in [0.3, 0.4) is 0 Å². The molecule has 0 spiro atoms. The number of benzene rings is 2. The van der Waals surface area contributed by atoms with Gasteiger partial charge in [-0.1, -0.05) is 48.0 Å². The number of nitrogens with one attached hydrogen (secondary N) is 3. The third-order valence-electron chi connectivity index (χ3n) is 5.10. The van der Waals surface area contributed by atoms with Gasteiger partial charge in [0.2, 0.25) is 5.91 Å². The van der Waals surface area contributed by atoms with Crippen molar-refractivity contribution in [1.82, 2.24) is 10.6 Å². The minimum atomic E-state index is -0.0864. The molecule has 29 heavy (non-hydrogen) atoms. The predicted octanol–water partition coefficient (Wildman–Crippen LogP) is 4.49. The van der Waals surface area contributed by atoms with E-state index in [9.17, 15) is 4.79 Å². The third kappa shape index (κ3) is 6.60. The molecule has 3 N–H and O–H groups in total. The Morgan fingerprint density at radius 1 is 1.14 bits per heavy atom. The van der Waals surface area contributed by atoms with Crippen LogP contribution in [0.5, 0.6) is 0 Å². The van der Waals surface area contributed by atoms with Crippen LogP contribution < -0.4 is 16.0 Å². The molecule has 1 fully saturated rings. The van der Waals surface area contributed by atoms with Gasteiger partial charge in [0.25, 0.3) is 0 Å². The van der Waals surface area contributed by atoms with Gasteiger partial charge < -0.3 is 16.0 Å². The largest absolute Gasteiger partial charge is 0.356 e. The van der Waals surface area contributed by atoms with Crippen molar-refractivity contribution in [3.05, 3.63) is 64.7 Å². The van der Waals surface area contributed by atoms with Crippen LogP contribution in [-0.2, 0) is 10.2 Å². The second-order valence-corrected chi connectivity index (χ2v) is 7.69. The van der Waals surface area contributed by atoms with Crippen LogP contribution in [0.2, 0.25) is 5.02 Å². The van der Waals surface area contributed by atoms with E-state index < -0.39 is 0 Å². The molecule has 0 aliphatic heterocycles. The van der Waals surface area contributed by atoms with E-state index in [1.54, 1.807) is 7.05 Å². The van der Waals surface area contributed by atoms with Gasteiger partial charge in [-0.15, -0.1) is 24.0 Å². The number of nitrogens with zero attached hydrogens (tertiary/aromatic N) is 1. The molecule has 5 nitrogen and oxygen atoms in total. The van der Waals surface area contributed by atoms with Crippen LogP contribution >= 0.6 is 35.6 Å². The molecule has 2 aromatic carbocycles. The van der Waals surface area contributed by atoms with Crippen LogP contribution in [-0.4, -0.2) is 32.0 Å². The molecule has 7 heteroatoms. The lowest BCUT2D eigenvalue weighted by Gasteiger charge is -2.19. The second kappa shape index (κ2) is 10.8. The summed E-state index contributed by atoms with van der Waals surface area (Å²) >= 11 is 6.16. The Labute approximate surface area is 194 Å². The Morgan fingerprint density at radius 3 is 2.48 bits per heavy atom. The number of aryl methyl sites for hydroxylation is 1. The summed E-state index contributed by atoms with van der Waals surface area (Å²) in [6.07, 6.45) is 2.69. The lowest BCUT2D eigenvalue weighted by molar-refractivity contribution is -0.116. The number of amides is 1. The van der Waals surface area contributed by atoms with E-state index in [-0.39, 0.29) is 35.3 Å². The molecule has 0 bridgehead atoms. The van der Waals surface area contributed by atoms with Gasteiger partial charge >= 0.3 is 0 Å². The summed E-state index contributed by atoms with van der Waals surface area (Å²) in [6.45, 7) is 3.29. The number of carbonyl (C=O) groups excluding carboxylic acids is 1. The monoisotopic (exact) mass is 526 g/mol. The minimum Gasteiger partial charge on any atom is -0.356 e. The topological polar surface area (TPSA) is 65.5 Å². The highest BCUT2D eigenvalue weighted by atomic mass is 127. The molecule has 1 saturated carbocycles. The van der Waals surface area contributed by atoms with E-state index in [1.165, 1.54) is 18.4 Å². The first-order valence-electron chi connectivity index (χ1n) is 9.58. The lowest BCUT2D eigenvalue weighted by atomic mass is 9.96. The van der Waals surface area contributed by atoms with Crippen molar-refractivity contribution in [3.63, 3.8) is 0 Å². The van der Waals surface area contributed by atoms with Crippen molar-refractivity contribution in [3.8, 4) is 0 Å². The fraction of sp³-hybridized carbons (Fsp3) is 0.364. The maximum atomic E-state index is 12.2. The number of rotatable bonds is 7. The summed E-state index contributed by atoms with van der Waals surface area (Å²) in [5, 5.41) is 10.00. The van der Waals surface area contributed by atoms with E-state index >= 15 is 0 Å². The molecule has 3 rings (SSSR count). The molecule has 0 saturated heterocycles. The smallest absolute Gasteiger partial charge is 0.226 e. The number of aliphatic imine (C=N–C) groups is 1. The van der Waals surface area contributed by atoms with Crippen LogP contribution in [0.1, 0.15) is 30.4 Å². The maximum absolute atomic E-state index is 12.2. The number of guanidine groups is 1. The van der Waals surface area contributed by atoms with Crippen molar-refractivity contribution in [2.75, 3.05) is 25.5 Å². The molecular weight excluding hydrogens is 499 g/mol. The zero-order valence-electron chi connectivity index (χ0n) is 16.8. The second-order valence-electron chi connectivity index (χ2n) is 7.28. The number of halogens is 2. The zero-order valence-corrected chi connectivity index (χ0v) is 19.9. The first kappa shape index (κ1) is 23.5. The third-order valence-corrected chi connectivity index (χ3v) is 5.41. The van der Waals surface area contributed by atoms with E-state index in [2.05, 4.69) is 45.2 Å². The first-order valence-corrected chi connectivity index (χ1v) is 9.96. The van der Waals surface area contributed by atoms with Gasteiger partial charge in [0, 0.05) is 32.0 Å². The summed E-state index contributed by atoms with van der Waals surface area (Å²) < 4.78 is 0. The zero-order chi connectivity index (χ0) is 20.0. The van der Waals surface area contributed by atoms with Crippen molar-refractivity contribution >= 4 is 53.1 Å². The normalized spacial score (nSPS) is 14.5. The SMILES string of the molecule is CN=C(NCCC(=O)Nc1ccc(C)cc1Cl)NCC1(c2ccccc2)CC1.I. The van der Waals surface area contributed by atoms with E-state index in [1.807, 2.05) is 31.2 Å². The van der Waals surface area contributed by atoms with Crippen molar-refractivity contribution < 1.29 is 4.79 Å². The number of anilines is 1. The van der Waals surface area contributed by atoms with E-state index in [0.29, 0.717) is 29.6 Å². The summed E-state index contributed by atoms with van der Waals surface area (Å²) in [4.78, 5) is 16.4. The number of hydrogen-bond acceptors (Lipinski definition) is 2. The van der Waals surface area contributed by atoms with Crippen LogP contribution in [0.4, 0.5) is 5.69 Å². The Kier molecular flexibility index (Phi) is 8.77. The highest BCUT2D eigenvalue weighted by Gasteiger charge is 2.43. The van der Waals surface area contributed by atoms with Crippen LogP contribution in [0.25, 0.3) is 0 Å². The predicted molar refractivity (Wildman–Crippen MR) is 132 cm³/mol. The van der Waals surface area contributed by atoms with Gasteiger partial charge in [-0.05, 0) is 43.0 Å². The van der Waals surface area contributed by atoms with Crippen LogP contribution in [0, 0.1) is 6.92 Å². The van der Waals surface area contributed by atoms with Crippen molar-refractivity contribution in [2.24, 2.45) is 4.99 Å². The molecule has 1 amide bonds. The van der Waals surface area contributed by atoms with Gasteiger partial charge in [-0.2, -0.15) is 0 Å². The number of hydrogen-bond donors (Lipinski definition) is 3. The molecule has 0 heterocycles. The summed E-state index contributed by atoms with van der Waals surface area (Å²) in [5.74, 6) is 0.625. The lowest BCUT2D eigenvalue weighted by Crippen LogP contribution is -2.42. The van der Waals surface area contributed by atoms with E-state index in [4.69, 9.17) is 11.6 Å². The Bertz CT molecular complexity index is 853. The van der Waals surface area contributed by atoms with Crippen molar-refractivity contribution in [2.45, 2.75) is 31.6 Å². The summed E-state index contributed by atoms with van der Waals surface area (Å²) in [7, 11) is 1.74. The fourth-order valence-corrected chi connectivity index (χ4v) is 3.49. The molecule has 0 unspecified atom stereocenters. The molecule has 0 aromatic heterocycles. The minimum absolute atomic E-state index is 0. The highest BCUT2D eigenvalue weighted by molar-refractivity contribution is 14.0. The van der Waals surface area contributed by atoms with Crippen LogP contribution in [0.15, 0.2) is 53.5 Å². The molecule has 0 radical (unpaired) electrons.